The Balaban J connectivity index is 1.53. The van der Waals surface area contributed by atoms with Gasteiger partial charge in [0.2, 0.25) is 5.88 Å². The molecule has 0 aliphatic carbocycles. The second kappa shape index (κ2) is 10.0. The topological polar surface area (TPSA) is 82.6 Å². The van der Waals surface area contributed by atoms with Crippen LogP contribution >= 0.6 is 11.6 Å². The summed E-state index contributed by atoms with van der Waals surface area (Å²) < 4.78 is 16.2. The third kappa shape index (κ3) is 5.39. The van der Waals surface area contributed by atoms with E-state index in [2.05, 4.69) is 15.3 Å². The lowest BCUT2D eigenvalue weighted by atomic mass is 10.1. The van der Waals surface area contributed by atoms with Crippen molar-refractivity contribution in [3.05, 3.63) is 89.6 Å². The van der Waals surface area contributed by atoms with Gasteiger partial charge in [0.05, 0.1) is 19.2 Å². The van der Waals surface area contributed by atoms with Crippen molar-refractivity contribution in [3.63, 3.8) is 0 Å². The number of ether oxygens (including phenoxy) is 3. The quantitative estimate of drug-likeness (QED) is 0.371. The highest BCUT2D eigenvalue weighted by atomic mass is 35.5. The summed E-state index contributed by atoms with van der Waals surface area (Å²) in [6.45, 7) is 0. The van der Waals surface area contributed by atoms with Gasteiger partial charge in [-0.3, -0.25) is 4.79 Å². The molecule has 1 heterocycles. The maximum atomic E-state index is 12.8. The number of amides is 1. The van der Waals surface area contributed by atoms with E-state index < -0.39 is 0 Å². The molecule has 0 saturated heterocycles. The SMILES string of the molecule is COc1cccc(Oc2ccnc(-c3cccc(C(=O)Nc4ccc(OC)c(Cl)c4)c3)n2)c1. The number of aromatic nitrogens is 2. The number of nitrogens with one attached hydrogen (secondary N) is 1. The molecule has 0 spiro atoms. The van der Waals surface area contributed by atoms with Gasteiger partial charge >= 0.3 is 0 Å². The van der Waals surface area contributed by atoms with Gasteiger partial charge in [0.15, 0.2) is 5.82 Å². The van der Waals surface area contributed by atoms with Crippen LogP contribution in [0.1, 0.15) is 10.4 Å². The smallest absolute Gasteiger partial charge is 0.255 e. The zero-order valence-corrected chi connectivity index (χ0v) is 18.7. The van der Waals surface area contributed by atoms with E-state index >= 15 is 0 Å². The van der Waals surface area contributed by atoms with Crippen molar-refractivity contribution >= 4 is 23.2 Å². The largest absolute Gasteiger partial charge is 0.497 e. The summed E-state index contributed by atoms with van der Waals surface area (Å²) in [4.78, 5) is 21.6. The van der Waals surface area contributed by atoms with E-state index in [1.807, 2.05) is 18.2 Å². The fourth-order valence-electron chi connectivity index (χ4n) is 3.07. The first-order valence-electron chi connectivity index (χ1n) is 9.96. The molecular formula is C25H20ClN3O4. The summed E-state index contributed by atoms with van der Waals surface area (Å²) in [7, 11) is 3.12. The molecular weight excluding hydrogens is 442 g/mol. The minimum Gasteiger partial charge on any atom is -0.497 e. The summed E-state index contributed by atoms with van der Waals surface area (Å²) >= 11 is 6.14. The van der Waals surface area contributed by atoms with E-state index in [4.69, 9.17) is 25.8 Å². The van der Waals surface area contributed by atoms with Crippen LogP contribution in [-0.2, 0) is 0 Å². The van der Waals surface area contributed by atoms with Gasteiger partial charge < -0.3 is 19.5 Å². The molecule has 0 radical (unpaired) electrons. The van der Waals surface area contributed by atoms with Crippen molar-refractivity contribution in [2.75, 3.05) is 19.5 Å². The number of benzene rings is 3. The number of anilines is 1. The Morgan fingerprint density at radius 1 is 0.909 bits per heavy atom. The standard InChI is InChI=1S/C25H20ClN3O4/c1-31-19-7-4-8-20(15-19)33-23-11-12-27-24(29-23)16-5-3-6-17(13-16)25(30)28-18-9-10-22(32-2)21(26)14-18/h3-15H,1-2H3,(H,28,30). The van der Waals surface area contributed by atoms with Crippen molar-refractivity contribution in [2.24, 2.45) is 0 Å². The Labute approximate surface area is 195 Å². The van der Waals surface area contributed by atoms with Crippen LogP contribution in [0.3, 0.4) is 0 Å². The molecule has 1 aromatic heterocycles. The first kappa shape index (κ1) is 22.1. The molecule has 4 rings (SSSR count). The summed E-state index contributed by atoms with van der Waals surface area (Å²) in [6, 6.07) is 20.9. The van der Waals surface area contributed by atoms with Gasteiger partial charge in [0.25, 0.3) is 5.91 Å². The van der Waals surface area contributed by atoms with Crippen LogP contribution in [0.15, 0.2) is 79.0 Å². The Morgan fingerprint density at radius 2 is 1.73 bits per heavy atom. The van der Waals surface area contributed by atoms with Gasteiger partial charge in [-0.15, -0.1) is 0 Å². The second-order valence-corrected chi connectivity index (χ2v) is 7.29. The Bertz CT molecular complexity index is 1300. The minimum atomic E-state index is -0.290. The van der Waals surface area contributed by atoms with Gasteiger partial charge in [0.1, 0.15) is 17.2 Å². The molecule has 0 bridgehead atoms. The van der Waals surface area contributed by atoms with Crippen LogP contribution in [-0.4, -0.2) is 30.1 Å². The van der Waals surface area contributed by atoms with Crippen LogP contribution in [0.4, 0.5) is 5.69 Å². The van der Waals surface area contributed by atoms with Crippen molar-refractivity contribution in [3.8, 4) is 34.5 Å². The van der Waals surface area contributed by atoms with Crippen LogP contribution in [0.25, 0.3) is 11.4 Å². The molecule has 0 fully saturated rings. The molecule has 1 N–H and O–H groups in total. The van der Waals surface area contributed by atoms with Gasteiger partial charge in [-0.2, -0.15) is 4.98 Å². The van der Waals surface area contributed by atoms with Crippen LogP contribution < -0.4 is 19.5 Å². The average molecular weight is 462 g/mol. The molecule has 0 saturated carbocycles. The van der Waals surface area contributed by atoms with Gasteiger partial charge in [-0.25, -0.2) is 4.98 Å². The highest BCUT2D eigenvalue weighted by Gasteiger charge is 2.11. The number of carbonyl (C=O) groups excluding carboxylic acids is 1. The molecule has 1 amide bonds. The molecule has 33 heavy (non-hydrogen) atoms. The van der Waals surface area contributed by atoms with E-state index in [9.17, 15) is 4.79 Å². The zero-order valence-electron chi connectivity index (χ0n) is 17.9. The molecule has 7 nitrogen and oxygen atoms in total. The maximum Gasteiger partial charge on any atom is 0.255 e. The lowest BCUT2D eigenvalue weighted by Gasteiger charge is -2.10. The highest BCUT2D eigenvalue weighted by Crippen LogP contribution is 2.28. The van der Waals surface area contributed by atoms with E-state index in [1.165, 1.54) is 7.11 Å². The first-order chi connectivity index (χ1) is 16.1. The molecule has 4 aromatic rings. The minimum absolute atomic E-state index is 0.290. The van der Waals surface area contributed by atoms with Crippen LogP contribution in [0.5, 0.6) is 23.1 Å². The monoisotopic (exact) mass is 461 g/mol. The van der Waals surface area contributed by atoms with Crippen LogP contribution in [0.2, 0.25) is 5.02 Å². The summed E-state index contributed by atoms with van der Waals surface area (Å²) in [5.41, 5.74) is 1.68. The highest BCUT2D eigenvalue weighted by molar-refractivity contribution is 6.32. The normalized spacial score (nSPS) is 10.4. The number of carbonyl (C=O) groups is 1. The fraction of sp³-hybridized carbons (Fsp3) is 0.0800. The fourth-order valence-corrected chi connectivity index (χ4v) is 3.33. The van der Waals surface area contributed by atoms with Crippen molar-refractivity contribution < 1.29 is 19.0 Å². The molecule has 3 aromatic carbocycles. The Morgan fingerprint density at radius 3 is 2.52 bits per heavy atom. The summed E-state index contributed by atoms with van der Waals surface area (Å²) in [5.74, 6) is 2.31. The second-order valence-electron chi connectivity index (χ2n) is 6.88. The number of halogens is 1. The van der Waals surface area contributed by atoms with E-state index in [0.29, 0.717) is 50.8 Å². The van der Waals surface area contributed by atoms with E-state index in [0.717, 1.165) is 0 Å². The third-order valence-electron chi connectivity index (χ3n) is 4.69. The molecule has 0 aliphatic heterocycles. The lowest BCUT2D eigenvalue weighted by Crippen LogP contribution is -2.12. The van der Waals surface area contributed by atoms with E-state index in [-0.39, 0.29) is 5.91 Å². The Kier molecular flexibility index (Phi) is 6.71. The van der Waals surface area contributed by atoms with Crippen molar-refractivity contribution in [1.82, 2.24) is 9.97 Å². The maximum absolute atomic E-state index is 12.8. The molecule has 0 atom stereocenters. The molecule has 0 unspecified atom stereocenters. The number of nitrogens with zero attached hydrogens (tertiary/aromatic N) is 2. The number of hydrogen-bond donors (Lipinski definition) is 1. The van der Waals surface area contributed by atoms with Crippen LogP contribution in [0, 0.1) is 0 Å². The van der Waals surface area contributed by atoms with Crippen molar-refractivity contribution in [2.45, 2.75) is 0 Å². The Hall–Kier alpha value is -4.10. The van der Waals surface area contributed by atoms with Gasteiger partial charge in [-0.1, -0.05) is 29.8 Å². The molecule has 0 aliphatic rings. The zero-order chi connectivity index (χ0) is 23.2. The number of rotatable bonds is 7. The first-order valence-corrected chi connectivity index (χ1v) is 10.3. The van der Waals surface area contributed by atoms with Gasteiger partial charge in [-0.05, 0) is 42.5 Å². The third-order valence-corrected chi connectivity index (χ3v) is 4.98. The lowest BCUT2D eigenvalue weighted by molar-refractivity contribution is 0.102. The molecule has 8 heteroatoms. The summed E-state index contributed by atoms with van der Waals surface area (Å²) in [6.07, 6.45) is 1.60. The van der Waals surface area contributed by atoms with Gasteiger partial charge in [0, 0.05) is 35.1 Å². The molecule has 166 valence electrons. The summed E-state index contributed by atoms with van der Waals surface area (Å²) in [5, 5.41) is 3.24. The number of hydrogen-bond acceptors (Lipinski definition) is 6. The number of methoxy groups -OCH3 is 2. The predicted octanol–water partition coefficient (Wildman–Crippen LogP) is 5.86. The average Bonchev–Trinajstić information content (AvgIpc) is 2.84. The van der Waals surface area contributed by atoms with E-state index in [1.54, 1.807) is 67.9 Å². The van der Waals surface area contributed by atoms with Crippen molar-refractivity contribution in [1.29, 1.82) is 0 Å². The predicted molar refractivity (Wildman–Crippen MR) is 126 cm³/mol.